The van der Waals surface area contributed by atoms with Gasteiger partial charge in [0.1, 0.15) is 5.82 Å². The molecule has 2 aliphatic rings. The number of para-hydroxylation sites is 2. The molecule has 0 radical (unpaired) electrons. The molecule has 1 amide bonds. The van der Waals surface area contributed by atoms with E-state index in [1.54, 1.807) is 0 Å². The van der Waals surface area contributed by atoms with Gasteiger partial charge in [-0.25, -0.2) is 4.98 Å². The van der Waals surface area contributed by atoms with Gasteiger partial charge in [0.25, 0.3) is 0 Å². The highest BCUT2D eigenvalue weighted by Crippen LogP contribution is 2.41. The van der Waals surface area contributed by atoms with E-state index in [9.17, 15) is 4.79 Å². The molecule has 2 aromatic heterocycles. The average Bonchev–Trinajstić information content (AvgIpc) is 3.35. The summed E-state index contributed by atoms with van der Waals surface area (Å²) < 4.78 is 0. The Morgan fingerprint density at radius 2 is 2.04 bits per heavy atom. The molecule has 1 aliphatic carbocycles. The van der Waals surface area contributed by atoms with Crippen LogP contribution in [0.1, 0.15) is 48.0 Å². The van der Waals surface area contributed by atoms with Gasteiger partial charge in [-0.1, -0.05) is 12.1 Å². The number of hydrogen-bond acceptors (Lipinski definition) is 3. The fourth-order valence-electron chi connectivity index (χ4n) is 3.96. The standard InChI is InChI=1S/C20H23N5O/c26-19(8-7-18-21-16-3-1-2-4-17(16)22-18)25-11-9-14-15(10-12-25)23-24-20(14)13-5-6-13/h1-4,13H,5-12H2,(H,21,22)(H,23,24). The van der Waals surface area contributed by atoms with Crippen molar-refractivity contribution < 1.29 is 4.79 Å². The summed E-state index contributed by atoms with van der Waals surface area (Å²) in [5.74, 6) is 1.77. The third-order valence-electron chi connectivity index (χ3n) is 5.58. The fraction of sp³-hybridized carbons (Fsp3) is 0.450. The summed E-state index contributed by atoms with van der Waals surface area (Å²) in [4.78, 5) is 22.6. The van der Waals surface area contributed by atoms with Crippen molar-refractivity contribution in [3.8, 4) is 0 Å². The molecule has 0 unspecified atom stereocenters. The van der Waals surface area contributed by atoms with E-state index in [4.69, 9.17) is 0 Å². The van der Waals surface area contributed by atoms with Crippen molar-refractivity contribution in [2.75, 3.05) is 13.1 Å². The van der Waals surface area contributed by atoms with E-state index < -0.39 is 0 Å². The first-order valence-electron chi connectivity index (χ1n) is 9.55. The molecular formula is C20H23N5O. The molecule has 0 atom stereocenters. The number of benzene rings is 1. The van der Waals surface area contributed by atoms with E-state index in [-0.39, 0.29) is 5.91 Å². The van der Waals surface area contributed by atoms with Crippen molar-refractivity contribution in [3.63, 3.8) is 0 Å². The second-order valence-electron chi connectivity index (χ2n) is 7.42. The Kier molecular flexibility index (Phi) is 3.76. The van der Waals surface area contributed by atoms with Crippen LogP contribution >= 0.6 is 0 Å². The zero-order chi connectivity index (χ0) is 17.5. The number of rotatable bonds is 4. The predicted octanol–water partition coefficient (Wildman–Crippen LogP) is 2.72. The Morgan fingerprint density at radius 1 is 1.19 bits per heavy atom. The van der Waals surface area contributed by atoms with Gasteiger partial charge >= 0.3 is 0 Å². The van der Waals surface area contributed by atoms with Crippen molar-refractivity contribution in [2.45, 2.75) is 44.4 Å². The van der Waals surface area contributed by atoms with E-state index in [1.807, 2.05) is 29.2 Å². The molecule has 134 valence electrons. The van der Waals surface area contributed by atoms with Gasteiger partial charge in [0.05, 0.1) is 16.7 Å². The Labute approximate surface area is 152 Å². The zero-order valence-corrected chi connectivity index (χ0v) is 14.8. The van der Waals surface area contributed by atoms with Crippen molar-refractivity contribution in [3.05, 3.63) is 47.0 Å². The highest BCUT2D eigenvalue weighted by atomic mass is 16.2. The molecule has 6 heteroatoms. The second kappa shape index (κ2) is 6.27. The van der Waals surface area contributed by atoms with Crippen LogP contribution in [0.25, 0.3) is 11.0 Å². The molecule has 6 nitrogen and oxygen atoms in total. The monoisotopic (exact) mass is 349 g/mol. The molecule has 3 aromatic rings. The van der Waals surface area contributed by atoms with Crippen LogP contribution in [0.5, 0.6) is 0 Å². The first-order valence-corrected chi connectivity index (χ1v) is 9.55. The Morgan fingerprint density at radius 3 is 2.88 bits per heavy atom. The van der Waals surface area contributed by atoms with Gasteiger partial charge in [0.2, 0.25) is 5.91 Å². The van der Waals surface area contributed by atoms with Crippen molar-refractivity contribution in [1.29, 1.82) is 0 Å². The molecule has 0 saturated heterocycles. The summed E-state index contributed by atoms with van der Waals surface area (Å²) >= 11 is 0. The summed E-state index contributed by atoms with van der Waals surface area (Å²) in [6, 6.07) is 7.98. The minimum atomic E-state index is 0.219. The number of hydrogen-bond donors (Lipinski definition) is 2. The maximum atomic E-state index is 12.7. The Hall–Kier alpha value is -2.63. The molecule has 3 heterocycles. The SMILES string of the molecule is O=C(CCc1nc2ccccc2[nH]1)N1CCc2[nH]nc(C3CC3)c2CC1. The maximum absolute atomic E-state index is 12.7. The topological polar surface area (TPSA) is 77.7 Å². The maximum Gasteiger partial charge on any atom is 0.223 e. The van der Waals surface area contributed by atoms with Crippen molar-refractivity contribution in [1.82, 2.24) is 25.1 Å². The lowest BCUT2D eigenvalue weighted by atomic mass is 10.1. The number of imidazole rings is 1. The average molecular weight is 349 g/mol. The van der Waals surface area contributed by atoms with Gasteiger partial charge in [-0.05, 0) is 37.0 Å². The molecule has 5 rings (SSSR count). The molecule has 1 fully saturated rings. The van der Waals surface area contributed by atoms with Crippen LogP contribution in [0.2, 0.25) is 0 Å². The molecule has 0 spiro atoms. The Bertz CT molecular complexity index is 919. The summed E-state index contributed by atoms with van der Waals surface area (Å²) in [5, 5.41) is 7.74. The second-order valence-corrected chi connectivity index (χ2v) is 7.42. The molecule has 2 N–H and O–H groups in total. The van der Waals surface area contributed by atoms with Crippen LogP contribution in [-0.4, -0.2) is 44.1 Å². The van der Waals surface area contributed by atoms with Crippen LogP contribution in [0.4, 0.5) is 0 Å². The van der Waals surface area contributed by atoms with E-state index >= 15 is 0 Å². The van der Waals surface area contributed by atoms with E-state index in [2.05, 4.69) is 20.2 Å². The number of aromatic nitrogens is 4. The third-order valence-corrected chi connectivity index (χ3v) is 5.58. The predicted molar refractivity (Wildman–Crippen MR) is 99.0 cm³/mol. The van der Waals surface area contributed by atoms with Gasteiger partial charge in [-0.2, -0.15) is 5.10 Å². The number of aromatic amines is 2. The number of nitrogens with zero attached hydrogens (tertiary/aromatic N) is 3. The summed E-state index contributed by atoms with van der Waals surface area (Å²) in [6.07, 6.45) is 5.49. The lowest BCUT2D eigenvalue weighted by Crippen LogP contribution is -2.33. The highest BCUT2D eigenvalue weighted by Gasteiger charge is 2.31. The minimum Gasteiger partial charge on any atom is -0.342 e. The smallest absolute Gasteiger partial charge is 0.223 e. The quantitative estimate of drug-likeness (QED) is 0.760. The largest absolute Gasteiger partial charge is 0.342 e. The van der Waals surface area contributed by atoms with Crippen LogP contribution in [0, 0.1) is 0 Å². The molecular weight excluding hydrogens is 326 g/mol. The molecule has 1 aromatic carbocycles. The first kappa shape index (κ1) is 15.6. The first-order chi connectivity index (χ1) is 12.8. The highest BCUT2D eigenvalue weighted by molar-refractivity contribution is 5.77. The summed E-state index contributed by atoms with van der Waals surface area (Å²) in [7, 11) is 0. The number of fused-ring (bicyclic) bond motifs is 2. The number of aryl methyl sites for hydroxylation is 1. The normalized spacial score (nSPS) is 17.3. The van der Waals surface area contributed by atoms with Gasteiger partial charge in [-0.3, -0.25) is 9.89 Å². The summed E-state index contributed by atoms with van der Waals surface area (Å²) in [6.45, 7) is 1.57. The third kappa shape index (κ3) is 2.89. The van der Waals surface area contributed by atoms with Crippen LogP contribution < -0.4 is 0 Å². The van der Waals surface area contributed by atoms with E-state index in [0.717, 1.165) is 42.8 Å². The lowest BCUT2D eigenvalue weighted by molar-refractivity contribution is -0.131. The van der Waals surface area contributed by atoms with Crippen molar-refractivity contribution in [2.24, 2.45) is 0 Å². The van der Waals surface area contributed by atoms with Crippen LogP contribution in [0.15, 0.2) is 24.3 Å². The molecule has 26 heavy (non-hydrogen) atoms. The number of carbonyl (C=O) groups is 1. The van der Waals surface area contributed by atoms with Gasteiger partial charge < -0.3 is 9.88 Å². The molecule has 1 aliphatic heterocycles. The van der Waals surface area contributed by atoms with Crippen LogP contribution in [0.3, 0.4) is 0 Å². The fourth-order valence-corrected chi connectivity index (χ4v) is 3.96. The number of nitrogens with one attached hydrogen (secondary N) is 2. The van der Waals surface area contributed by atoms with E-state index in [1.165, 1.54) is 29.8 Å². The van der Waals surface area contributed by atoms with Gasteiger partial charge in [-0.15, -0.1) is 0 Å². The van der Waals surface area contributed by atoms with E-state index in [0.29, 0.717) is 18.8 Å². The Balaban J connectivity index is 1.22. The van der Waals surface area contributed by atoms with Gasteiger partial charge in [0.15, 0.2) is 0 Å². The van der Waals surface area contributed by atoms with Crippen LogP contribution in [-0.2, 0) is 24.1 Å². The molecule has 1 saturated carbocycles. The minimum absolute atomic E-state index is 0.219. The lowest BCUT2D eigenvalue weighted by Gasteiger charge is -2.20. The summed E-state index contributed by atoms with van der Waals surface area (Å²) in [5.41, 5.74) is 5.86. The number of H-pyrrole nitrogens is 2. The van der Waals surface area contributed by atoms with Crippen molar-refractivity contribution >= 4 is 16.9 Å². The number of amides is 1. The van der Waals surface area contributed by atoms with Gasteiger partial charge in [0, 0.05) is 44.0 Å². The molecule has 0 bridgehead atoms. The number of carbonyl (C=O) groups excluding carboxylic acids is 1. The zero-order valence-electron chi connectivity index (χ0n) is 14.8.